The molecule has 0 bridgehead atoms. The zero-order chi connectivity index (χ0) is 19.9. The Hall–Kier alpha value is -3.85. The summed E-state index contributed by atoms with van der Waals surface area (Å²) in [5.41, 5.74) is 0.943. The highest BCUT2D eigenvalue weighted by atomic mass is 19.1. The van der Waals surface area contributed by atoms with E-state index in [1.807, 2.05) is 6.07 Å². The minimum absolute atomic E-state index is 0.106. The van der Waals surface area contributed by atoms with Gasteiger partial charge in [-0.25, -0.2) is 4.39 Å². The number of fused-ring (bicyclic) bond motifs is 1. The minimum atomic E-state index is -0.572. The number of nitrogens with one attached hydrogen (secondary N) is 2. The average molecular weight is 375 g/mol. The number of rotatable bonds is 6. The summed E-state index contributed by atoms with van der Waals surface area (Å²) in [7, 11) is 0. The fourth-order valence-electron chi connectivity index (χ4n) is 2.82. The lowest BCUT2D eigenvalue weighted by Gasteiger charge is -2.09. The smallest absolute Gasteiger partial charge is 0.267 e. The van der Waals surface area contributed by atoms with Gasteiger partial charge in [0.15, 0.2) is 0 Å². The Balaban J connectivity index is 1.67. The van der Waals surface area contributed by atoms with E-state index in [1.54, 1.807) is 54.6 Å². The number of hydrogen-bond donors (Lipinski definition) is 3. The lowest BCUT2D eigenvalue weighted by molar-refractivity contribution is -0.112. The molecule has 6 heteroatoms. The maximum atomic E-state index is 13.6. The predicted octanol–water partition coefficient (Wildman–Crippen LogP) is 3.86. The molecule has 0 atom stereocenters. The van der Waals surface area contributed by atoms with E-state index in [0.717, 1.165) is 0 Å². The van der Waals surface area contributed by atoms with Crippen molar-refractivity contribution < 1.29 is 14.3 Å². The van der Waals surface area contributed by atoms with E-state index >= 15 is 0 Å². The monoisotopic (exact) mass is 375 g/mol. The van der Waals surface area contributed by atoms with E-state index in [-0.39, 0.29) is 17.1 Å². The summed E-state index contributed by atoms with van der Waals surface area (Å²) in [5, 5.41) is 26.0. The van der Waals surface area contributed by atoms with Crippen LogP contribution in [0.4, 0.5) is 10.1 Å². The summed E-state index contributed by atoms with van der Waals surface area (Å²) in [6.07, 6.45) is 1.74. The quantitative estimate of drug-likeness (QED) is 0.347. The van der Waals surface area contributed by atoms with E-state index < -0.39 is 5.91 Å². The molecule has 0 aliphatic rings. The van der Waals surface area contributed by atoms with Crippen molar-refractivity contribution in [1.82, 2.24) is 5.32 Å². The number of phenolic OH excluding ortho intramolecular Hbond substituents is 1. The molecule has 3 aromatic carbocycles. The Morgan fingerprint density at radius 1 is 1.07 bits per heavy atom. The third kappa shape index (κ3) is 4.27. The van der Waals surface area contributed by atoms with Gasteiger partial charge in [-0.05, 0) is 30.2 Å². The Kier molecular flexibility index (Phi) is 5.87. The lowest BCUT2D eigenvalue weighted by atomic mass is 10.1. The number of hydrogen-bond acceptors (Lipinski definition) is 4. The Morgan fingerprint density at radius 2 is 1.82 bits per heavy atom. The van der Waals surface area contributed by atoms with Crippen molar-refractivity contribution in [3.63, 3.8) is 0 Å². The van der Waals surface area contributed by atoms with Gasteiger partial charge in [-0.15, -0.1) is 0 Å². The Morgan fingerprint density at radius 3 is 2.61 bits per heavy atom. The molecule has 0 fully saturated rings. The molecule has 0 spiro atoms. The molecule has 3 N–H and O–H groups in total. The molecule has 0 aliphatic heterocycles. The van der Waals surface area contributed by atoms with Crippen LogP contribution >= 0.6 is 0 Å². The van der Waals surface area contributed by atoms with Gasteiger partial charge in [0.1, 0.15) is 23.2 Å². The first-order valence-electron chi connectivity index (χ1n) is 8.69. The van der Waals surface area contributed by atoms with Crippen LogP contribution in [0.1, 0.15) is 5.56 Å². The van der Waals surface area contributed by atoms with Crippen LogP contribution in [0.25, 0.3) is 10.8 Å². The standard InChI is InChI=1S/C22H18FN3O2/c23-19-8-2-1-5-15(19)11-12-25-14-16(13-24)22(28)26-20-9-3-7-18-17(20)6-4-10-21(18)27/h1-10,14,25,27H,11-12H2,(H,26,28)/b16-14-. The van der Waals surface area contributed by atoms with Crippen LogP contribution in [0.15, 0.2) is 72.4 Å². The minimum Gasteiger partial charge on any atom is -0.507 e. The summed E-state index contributed by atoms with van der Waals surface area (Å²) in [6.45, 7) is 0.377. The molecule has 3 aromatic rings. The first kappa shape index (κ1) is 18.9. The second-order valence-corrected chi connectivity index (χ2v) is 6.10. The topological polar surface area (TPSA) is 85.2 Å². The Labute approximate surface area is 161 Å². The van der Waals surface area contributed by atoms with Crippen LogP contribution in [-0.2, 0) is 11.2 Å². The highest BCUT2D eigenvalue weighted by molar-refractivity contribution is 6.11. The van der Waals surface area contributed by atoms with Gasteiger partial charge in [-0.1, -0.05) is 42.5 Å². The third-order valence-corrected chi connectivity index (χ3v) is 4.26. The number of phenols is 1. The van der Waals surface area contributed by atoms with Crippen molar-refractivity contribution >= 4 is 22.4 Å². The van der Waals surface area contributed by atoms with Crippen LogP contribution in [0, 0.1) is 17.1 Å². The molecule has 0 heterocycles. The molecule has 0 saturated carbocycles. The van der Waals surface area contributed by atoms with Crippen LogP contribution in [0.2, 0.25) is 0 Å². The van der Waals surface area contributed by atoms with Gasteiger partial charge in [0, 0.05) is 29.2 Å². The summed E-state index contributed by atoms with van der Waals surface area (Å²) >= 11 is 0. The van der Waals surface area contributed by atoms with Crippen molar-refractivity contribution in [2.75, 3.05) is 11.9 Å². The van der Waals surface area contributed by atoms with Crippen molar-refractivity contribution in [3.05, 3.63) is 83.8 Å². The molecular weight excluding hydrogens is 357 g/mol. The second kappa shape index (κ2) is 8.69. The molecule has 0 aliphatic carbocycles. The zero-order valence-corrected chi connectivity index (χ0v) is 14.9. The number of benzene rings is 3. The molecule has 0 radical (unpaired) electrons. The normalized spacial score (nSPS) is 11.1. The van der Waals surface area contributed by atoms with Crippen LogP contribution in [0.5, 0.6) is 5.75 Å². The SMILES string of the molecule is N#C/C(=C/NCCc1ccccc1F)C(=O)Nc1cccc2c(O)cccc12. The number of halogens is 1. The molecule has 140 valence electrons. The van der Waals surface area contributed by atoms with Crippen LogP contribution in [-0.4, -0.2) is 17.6 Å². The number of aromatic hydroxyl groups is 1. The first-order chi connectivity index (χ1) is 13.6. The van der Waals surface area contributed by atoms with Crippen LogP contribution in [0.3, 0.4) is 0 Å². The maximum Gasteiger partial charge on any atom is 0.267 e. The van der Waals surface area contributed by atoms with Crippen molar-refractivity contribution in [2.45, 2.75) is 6.42 Å². The van der Waals surface area contributed by atoms with E-state index in [4.69, 9.17) is 0 Å². The molecule has 0 aromatic heterocycles. The summed E-state index contributed by atoms with van der Waals surface area (Å²) in [5.74, 6) is -0.748. The number of nitrogens with zero attached hydrogens (tertiary/aromatic N) is 1. The predicted molar refractivity (Wildman–Crippen MR) is 106 cm³/mol. The molecule has 0 unspecified atom stereocenters. The molecule has 3 rings (SSSR count). The maximum absolute atomic E-state index is 13.6. The van der Waals surface area contributed by atoms with E-state index in [1.165, 1.54) is 12.3 Å². The number of carbonyl (C=O) groups excluding carboxylic acids is 1. The van der Waals surface area contributed by atoms with Gasteiger partial charge in [0.05, 0.1) is 0 Å². The molecule has 28 heavy (non-hydrogen) atoms. The van der Waals surface area contributed by atoms with E-state index in [9.17, 15) is 19.6 Å². The zero-order valence-electron chi connectivity index (χ0n) is 14.9. The number of carbonyl (C=O) groups is 1. The molecule has 1 amide bonds. The first-order valence-corrected chi connectivity index (χ1v) is 8.69. The molecule has 5 nitrogen and oxygen atoms in total. The summed E-state index contributed by atoms with van der Waals surface area (Å²) in [4.78, 5) is 12.4. The number of amides is 1. The van der Waals surface area contributed by atoms with E-state index in [0.29, 0.717) is 35.0 Å². The van der Waals surface area contributed by atoms with Gasteiger partial charge >= 0.3 is 0 Å². The lowest BCUT2D eigenvalue weighted by Crippen LogP contribution is -2.18. The third-order valence-electron chi connectivity index (χ3n) is 4.26. The summed E-state index contributed by atoms with van der Waals surface area (Å²) in [6, 6.07) is 18.5. The van der Waals surface area contributed by atoms with Crippen LogP contribution < -0.4 is 10.6 Å². The highest BCUT2D eigenvalue weighted by Gasteiger charge is 2.12. The largest absolute Gasteiger partial charge is 0.507 e. The van der Waals surface area contributed by atoms with Gasteiger partial charge in [-0.2, -0.15) is 5.26 Å². The number of anilines is 1. The Bertz CT molecular complexity index is 1090. The van der Waals surface area contributed by atoms with Crippen molar-refractivity contribution in [1.29, 1.82) is 5.26 Å². The van der Waals surface area contributed by atoms with Gasteiger partial charge in [0.25, 0.3) is 5.91 Å². The molecule has 0 saturated heterocycles. The van der Waals surface area contributed by atoms with Crippen molar-refractivity contribution in [3.8, 4) is 11.8 Å². The van der Waals surface area contributed by atoms with Crippen molar-refractivity contribution in [2.24, 2.45) is 0 Å². The highest BCUT2D eigenvalue weighted by Crippen LogP contribution is 2.29. The van der Waals surface area contributed by atoms with Gasteiger partial charge < -0.3 is 15.7 Å². The van der Waals surface area contributed by atoms with E-state index in [2.05, 4.69) is 10.6 Å². The van der Waals surface area contributed by atoms with Gasteiger partial charge in [0.2, 0.25) is 0 Å². The fourth-order valence-corrected chi connectivity index (χ4v) is 2.82. The fraction of sp³-hybridized carbons (Fsp3) is 0.0909. The summed E-state index contributed by atoms with van der Waals surface area (Å²) < 4.78 is 13.6. The molecular formula is C22H18FN3O2. The number of nitriles is 1. The van der Waals surface area contributed by atoms with Gasteiger partial charge in [-0.3, -0.25) is 4.79 Å². The second-order valence-electron chi connectivity index (χ2n) is 6.10. The average Bonchev–Trinajstić information content (AvgIpc) is 2.70.